The smallest absolute Gasteiger partial charge is 0.204 e. The fraction of sp³-hybridized carbons (Fsp3) is 0.188. The Hall–Kier alpha value is -4.72. The summed E-state index contributed by atoms with van der Waals surface area (Å²) in [5.41, 5.74) is 5.84. The molecule has 39 heavy (non-hydrogen) atoms. The molecule has 190 valence electrons. The van der Waals surface area contributed by atoms with E-state index in [4.69, 9.17) is 9.72 Å². The number of nitrogens with zero attached hydrogens (tertiary/aromatic N) is 5. The second kappa shape index (κ2) is 11.3. The summed E-state index contributed by atoms with van der Waals surface area (Å²) in [4.78, 5) is 6.29. The van der Waals surface area contributed by atoms with Crippen molar-refractivity contribution < 1.29 is 4.74 Å². The lowest BCUT2D eigenvalue weighted by atomic mass is 9.83. The van der Waals surface area contributed by atoms with Gasteiger partial charge in [-0.05, 0) is 72.0 Å². The van der Waals surface area contributed by atoms with Crippen LogP contribution in [0.1, 0.15) is 58.1 Å². The predicted molar refractivity (Wildman–Crippen MR) is 152 cm³/mol. The van der Waals surface area contributed by atoms with Gasteiger partial charge in [-0.2, -0.15) is 4.80 Å². The molecule has 0 amide bonds. The molecular weight excluding hydrogens is 502 g/mol. The van der Waals surface area contributed by atoms with Crippen LogP contribution in [0, 0.1) is 23.7 Å². The van der Waals surface area contributed by atoms with Crippen molar-refractivity contribution in [3.63, 3.8) is 0 Å². The van der Waals surface area contributed by atoms with Gasteiger partial charge in [-0.3, -0.25) is 0 Å². The Morgan fingerprint density at radius 1 is 0.897 bits per heavy atom. The Kier molecular flexibility index (Phi) is 7.16. The molecule has 0 unspecified atom stereocenters. The third kappa shape index (κ3) is 6.06. The summed E-state index contributed by atoms with van der Waals surface area (Å²) in [6.07, 6.45) is 3.81. The van der Waals surface area contributed by atoms with Gasteiger partial charge in [0.1, 0.15) is 5.75 Å². The molecule has 6 rings (SSSR count). The van der Waals surface area contributed by atoms with Crippen LogP contribution < -0.4 is 4.74 Å². The van der Waals surface area contributed by atoms with Crippen LogP contribution in [-0.4, -0.2) is 32.3 Å². The molecule has 7 heteroatoms. The normalized spacial score (nSPS) is 12.5. The zero-order valence-corrected chi connectivity index (χ0v) is 22.3. The number of tetrazole rings is 1. The van der Waals surface area contributed by atoms with Gasteiger partial charge in [-0.1, -0.05) is 54.5 Å². The first-order chi connectivity index (χ1) is 19.2. The van der Waals surface area contributed by atoms with Crippen molar-refractivity contribution in [1.29, 1.82) is 0 Å². The van der Waals surface area contributed by atoms with Crippen LogP contribution in [-0.2, 0) is 6.54 Å². The van der Waals surface area contributed by atoms with Crippen molar-refractivity contribution in [2.45, 2.75) is 31.7 Å². The van der Waals surface area contributed by atoms with E-state index < -0.39 is 0 Å². The van der Waals surface area contributed by atoms with Gasteiger partial charge in [0.25, 0.3) is 0 Å². The summed E-state index contributed by atoms with van der Waals surface area (Å²) in [7, 11) is 1.65. The maximum Gasteiger partial charge on any atom is 0.204 e. The second-order valence-corrected chi connectivity index (χ2v) is 10.2. The van der Waals surface area contributed by atoms with Crippen LogP contribution in [0.15, 0.2) is 78.2 Å². The van der Waals surface area contributed by atoms with Gasteiger partial charge in [0.2, 0.25) is 5.82 Å². The number of aromatic nitrogens is 5. The maximum atomic E-state index is 5.22. The van der Waals surface area contributed by atoms with Crippen LogP contribution in [0.3, 0.4) is 0 Å². The van der Waals surface area contributed by atoms with Crippen LogP contribution in [0.2, 0.25) is 0 Å². The standard InChI is InChI=1S/C32H25N5OS/c1-38-29-16-13-26(14-17-29)21-37-35-32(34-36-37)28-10-3-7-25(20-28)12-11-23-5-2-6-24(19-23)15-18-31-33-30(22-39-31)27-8-4-9-27/h2-3,5-7,10,13-14,16-17,19-20,22,27H,4,8-9,21H2,1H3. The average molecular weight is 528 g/mol. The van der Waals surface area contributed by atoms with Crippen molar-refractivity contribution in [3.8, 4) is 40.8 Å². The molecule has 0 bridgehead atoms. The first-order valence-electron chi connectivity index (χ1n) is 12.8. The SMILES string of the molecule is COc1ccc(Cn2nnc(-c3cccc(C#Cc4cccc(C#Cc5nc(C6CCC6)cs5)c4)c3)n2)cc1. The van der Waals surface area contributed by atoms with E-state index in [-0.39, 0.29) is 0 Å². The Bertz CT molecular complexity index is 1730. The van der Waals surface area contributed by atoms with Gasteiger partial charge in [0.15, 0.2) is 5.01 Å². The van der Waals surface area contributed by atoms with E-state index in [1.165, 1.54) is 25.0 Å². The highest BCUT2D eigenvalue weighted by Gasteiger charge is 2.21. The minimum absolute atomic E-state index is 0.528. The van der Waals surface area contributed by atoms with Crippen molar-refractivity contribution >= 4 is 11.3 Å². The molecule has 1 fully saturated rings. The fourth-order valence-corrected chi connectivity index (χ4v) is 4.98. The average Bonchev–Trinajstić information content (AvgIpc) is 3.61. The monoisotopic (exact) mass is 527 g/mol. The van der Waals surface area contributed by atoms with Crippen LogP contribution in [0.4, 0.5) is 0 Å². The molecule has 2 aromatic heterocycles. The molecule has 1 aliphatic carbocycles. The Balaban J connectivity index is 1.14. The molecule has 0 N–H and O–H groups in total. The molecule has 2 heterocycles. The van der Waals surface area contributed by atoms with Gasteiger partial charge < -0.3 is 4.74 Å². The summed E-state index contributed by atoms with van der Waals surface area (Å²) in [5, 5.41) is 16.0. The summed E-state index contributed by atoms with van der Waals surface area (Å²) >= 11 is 1.63. The summed E-state index contributed by atoms with van der Waals surface area (Å²) in [6, 6.07) is 23.7. The molecule has 0 atom stereocenters. The molecule has 0 aliphatic heterocycles. The van der Waals surface area contributed by atoms with E-state index in [0.717, 1.165) is 38.6 Å². The van der Waals surface area contributed by atoms with Gasteiger partial charge in [0, 0.05) is 33.6 Å². The van der Waals surface area contributed by atoms with Gasteiger partial charge in [-0.25, -0.2) is 4.98 Å². The van der Waals surface area contributed by atoms with Crippen molar-refractivity contribution in [3.05, 3.63) is 111 Å². The molecule has 0 radical (unpaired) electrons. The zero-order chi connectivity index (χ0) is 26.4. The number of methoxy groups -OCH3 is 1. The molecular formula is C32H25N5OS. The van der Waals surface area contributed by atoms with E-state index >= 15 is 0 Å². The Labute approximate surface area is 231 Å². The van der Waals surface area contributed by atoms with Crippen molar-refractivity contribution in [2.24, 2.45) is 0 Å². The Morgan fingerprint density at radius 3 is 2.33 bits per heavy atom. The van der Waals surface area contributed by atoms with Crippen molar-refractivity contribution in [1.82, 2.24) is 25.2 Å². The van der Waals surface area contributed by atoms with Gasteiger partial charge >= 0.3 is 0 Å². The topological polar surface area (TPSA) is 65.7 Å². The molecule has 0 spiro atoms. The third-order valence-corrected chi connectivity index (χ3v) is 7.41. The van der Waals surface area contributed by atoms with E-state index in [9.17, 15) is 0 Å². The zero-order valence-electron chi connectivity index (χ0n) is 21.5. The van der Waals surface area contributed by atoms with E-state index in [0.29, 0.717) is 18.3 Å². The highest BCUT2D eigenvalue weighted by Crippen LogP contribution is 2.36. The number of rotatable bonds is 5. The summed E-state index contributed by atoms with van der Waals surface area (Å²) in [5.74, 6) is 15.0. The van der Waals surface area contributed by atoms with Crippen LogP contribution in [0.5, 0.6) is 5.75 Å². The van der Waals surface area contributed by atoms with Gasteiger partial charge in [0.05, 0.1) is 19.3 Å². The molecule has 5 aromatic rings. The lowest BCUT2D eigenvalue weighted by Crippen LogP contribution is -2.08. The third-order valence-electron chi connectivity index (χ3n) is 6.63. The second-order valence-electron chi connectivity index (χ2n) is 9.36. The molecule has 0 saturated heterocycles. The minimum atomic E-state index is 0.528. The number of benzene rings is 3. The first kappa shape index (κ1) is 24.6. The largest absolute Gasteiger partial charge is 0.497 e. The highest BCUT2D eigenvalue weighted by molar-refractivity contribution is 7.10. The lowest BCUT2D eigenvalue weighted by molar-refractivity contribution is 0.412. The maximum absolute atomic E-state index is 5.22. The first-order valence-corrected chi connectivity index (χ1v) is 13.7. The molecule has 6 nitrogen and oxygen atoms in total. The molecule has 3 aromatic carbocycles. The molecule has 1 saturated carbocycles. The van der Waals surface area contributed by atoms with Crippen molar-refractivity contribution in [2.75, 3.05) is 7.11 Å². The quantitative estimate of drug-likeness (QED) is 0.266. The summed E-state index contributed by atoms with van der Waals surface area (Å²) in [6.45, 7) is 0.528. The van der Waals surface area contributed by atoms with Crippen LogP contribution in [0.25, 0.3) is 11.4 Å². The van der Waals surface area contributed by atoms with Crippen LogP contribution >= 0.6 is 11.3 Å². The van der Waals surface area contributed by atoms with E-state index in [2.05, 4.69) is 44.5 Å². The fourth-order valence-electron chi connectivity index (χ4n) is 4.24. The summed E-state index contributed by atoms with van der Waals surface area (Å²) < 4.78 is 5.22. The van der Waals surface area contributed by atoms with E-state index in [1.54, 1.807) is 23.2 Å². The number of ether oxygens (including phenoxy) is 1. The van der Waals surface area contributed by atoms with Gasteiger partial charge in [-0.15, -0.1) is 21.5 Å². The minimum Gasteiger partial charge on any atom is -0.497 e. The Morgan fingerprint density at radius 2 is 1.62 bits per heavy atom. The molecule has 1 aliphatic rings. The van der Waals surface area contributed by atoms with E-state index in [1.807, 2.05) is 72.8 Å². The number of thiazole rings is 1. The lowest BCUT2D eigenvalue weighted by Gasteiger charge is -2.22. The highest BCUT2D eigenvalue weighted by atomic mass is 32.1. The number of hydrogen-bond donors (Lipinski definition) is 0. The number of hydrogen-bond acceptors (Lipinski definition) is 6. The predicted octanol–water partition coefficient (Wildman–Crippen LogP) is 5.92.